The number of allylic oxidation sites excluding steroid dienone is 1. The minimum Gasteiger partial charge on any atom is -0.348 e. The third kappa shape index (κ3) is 4.45. The van der Waals surface area contributed by atoms with E-state index in [0.717, 1.165) is 75.0 Å². The Bertz CT molecular complexity index is 800. The van der Waals surface area contributed by atoms with E-state index in [9.17, 15) is 0 Å². The molecule has 0 bridgehead atoms. The van der Waals surface area contributed by atoms with Gasteiger partial charge in [0.1, 0.15) is 11.6 Å². The molecule has 4 rings (SSSR count). The molecule has 148 valence electrons. The highest BCUT2D eigenvalue weighted by molar-refractivity contribution is 5.49. The Morgan fingerprint density at radius 3 is 2.68 bits per heavy atom. The summed E-state index contributed by atoms with van der Waals surface area (Å²) in [7, 11) is 0. The van der Waals surface area contributed by atoms with Gasteiger partial charge in [0.2, 0.25) is 5.95 Å². The Balaban J connectivity index is 1.38. The second kappa shape index (κ2) is 8.62. The average molecular weight is 381 g/mol. The predicted molar refractivity (Wildman–Crippen MR) is 110 cm³/mol. The lowest BCUT2D eigenvalue weighted by Gasteiger charge is -2.26. The average Bonchev–Trinajstić information content (AvgIpc) is 3.15. The van der Waals surface area contributed by atoms with Gasteiger partial charge in [0.05, 0.1) is 12.6 Å². The molecule has 2 aromatic heterocycles. The van der Waals surface area contributed by atoms with Crippen molar-refractivity contribution in [2.75, 3.05) is 42.9 Å². The van der Waals surface area contributed by atoms with Crippen LogP contribution in [0, 0.1) is 0 Å². The van der Waals surface area contributed by atoms with E-state index in [-0.39, 0.29) is 6.04 Å². The lowest BCUT2D eigenvalue weighted by Crippen LogP contribution is -2.43. The van der Waals surface area contributed by atoms with Crippen molar-refractivity contribution < 1.29 is 0 Å². The third-order valence-electron chi connectivity index (χ3n) is 5.29. The Morgan fingerprint density at radius 2 is 1.96 bits per heavy atom. The van der Waals surface area contributed by atoms with Crippen LogP contribution in [0.2, 0.25) is 0 Å². The van der Waals surface area contributed by atoms with Gasteiger partial charge in [0, 0.05) is 62.6 Å². The fourth-order valence-corrected chi connectivity index (χ4v) is 3.60. The number of nitrogens with one attached hydrogen (secondary N) is 2. The maximum atomic E-state index is 4.66. The van der Waals surface area contributed by atoms with E-state index in [1.807, 2.05) is 18.5 Å². The van der Waals surface area contributed by atoms with Crippen molar-refractivity contribution in [1.82, 2.24) is 30.2 Å². The van der Waals surface area contributed by atoms with Gasteiger partial charge in [-0.15, -0.1) is 0 Å². The van der Waals surface area contributed by atoms with Gasteiger partial charge in [-0.2, -0.15) is 4.98 Å². The van der Waals surface area contributed by atoms with Crippen molar-refractivity contribution in [1.29, 1.82) is 0 Å². The van der Waals surface area contributed by atoms with Crippen LogP contribution in [0.5, 0.6) is 0 Å². The number of piperazine rings is 1. The Morgan fingerprint density at radius 1 is 1.18 bits per heavy atom. The van der Waals surface area contributed by atoms with Crippen molar-refractivity contribution >= 4 is 11.8 Å². The van der Waals surface area contributed by atoms with Gasteiger partial charge in [-0.1, -0.05) is 6.58 Å². The summed E-state index contributed by atoms with van der Waals surface area (Å²) in [6.45, 7) is 12.1. The van der Waals surface area contributed by atoms with Gasteiger partial charge in [0.15, 0.2) is 0 Å². The topological polar surface area (TPSA) is 82.1 Å². The molecule has 0 aromatic carbocycles. The summed E-state index contributed by atoms with van der Waals surface area (Å²) in [4.78, 5) is 22.7. The summed E-state index contributed by atoms with van der Waals surface area (Å²) in [5, 5.41) is 6.72. The maximum Gasteiger partial charge on any atom is 0.225 e. The van der Waals surface area contributed by atoms with Crippen molar-refractivity contribution in [3.8, 4) is 0 Å². The first-order valence-electron chi connectivity index (χ1n) is 9.98. The van der Waals surface area contributed by atoms with Crippen molar-refractivity contribution in [3.05, 3.63) is 48.3 Å². The molecule has 8 nitrogen and oxygen atoms in total. The van der Waals surface area contributed by atoms with Gasteiger partial charge in [-0.25, -0.2) is 15.0 Å². The molecule has 2 fully saturated rings. The van der Waals surface area contributed by atoms with Gasteiger partial charge < -0.3 is 15.5 Å². The second-order valence-corrected chi connectivity index (χ2v) is 7.38. The van der Waals surface area contributed by atoms with Crippen LogP contribution in [0.1, 0.15) is 37.2 Å². The lowest BCUT2D eigenvalue weighted by molar-refractivity contribution is 0.228. The number of anilines is 2. The molecule has 28 heavy (non-hydrogen) atoms. The maximum absolute atomic E-state index is 4.66. The number of hydrogen-bond donors (Lipinski definition) is 2. The van der Waals surface area contributed by atoms with E-state index in [4.69, 9.17) is 0 Å². The molecule has 2 N–H and O–H groups in total. The highest BCUT2D eigenvalue weighted by atomic mass is 15.2. The lowest BCUT2D eigenvalue weighted by atomic mass is 10.2. The molecule has 8 heteroatoms. The van der Waals surface area contributed by atoms with E-state index in [1.165, 1.54) is 0 Å². The van der Waals surface area contributed by atoms with E-state index >= 15 is 0 Å². The van der Waals surface area contributed by atoms with Crippen LogP contribution in [-0.4, -0.2) is 57.6 Å². The quantitative estimate of drug-likeness (QED) is 0.787. The number of hydrogen-bond acceptors (Lipinski definition) is 8. The molecule has 1 atom stereocenters. The van der Waals surface area contributed by atoms with Crippen molar-refractivity contribution in [2.45, 2.75) is 32.4 Å². The molecule has 0 amide bonds. The second-order valence-electron chi connectivity index (χ2n) is 7.38. The molecule has 0 radical (unpaired) electrons. The standard InChI is InChI=1S/C20H28N8/c1-15-4-3-9-28(15)19-5-6-22-20(26-19)25-16(2)17-12-23-18(24-13-17)14-27-10-7-21-8-11-27/h5-6,12-13,16,21H,1,3-4,7-11,14H2,2H3,(H,22,25,26). The summed E-state index contributed by atoms with van der Waals surface area (Å²) in [6.07, 6.45) is 7.74. The van der Waals surface area contributed by atoms with Gasteiger partial charge in [0.25, 0.3) is 0 Å². The van der Waals surface area contributed by atoms with Crippen molar-refractivity contribution in [2.24, 2.45) is 0 Å². The fourth-order valence-electron chi connectivity index (χ4n) is 3.60. The molecule has 2 aromatic rings. The van der Waals surface area contributed by atoms with Gasteiger partial charge in [-0.05, 0) is 25.8 Å². The van der Waals surface area contributed by atoms with Crippen LogP contribution in [0.25, 0.3) is 0 Å². The largest absolute Gasteiger partial charge is 0.348 e. The molecule has 2 aliphatic rings. The highest BCUT2D eigenvalue weighted by Gasteiger charge is 2.19. The van der Waals surface area contributed by atoms with Crippen LogP contribution in [-0.2, 0) is 6.54 Å². The molecule has 2 aliphatic heterocycles. The zero-order valence-corrected chi connectivity index (χ0v) is 16.4. The molecule has 1 unspecified atom stereocenters. The summed E-state index contributed by atoms with van der Waals surface area (Å²) in [5.74, 6) is 2.37. The minimum atomic E-state index is 0.0188. The smallest absolute Gasteiger partial charge is 0.225 e. The summed E-state index contributed by atoms with van der Waals surface area (Å²) >= 11 is 0. The normalized spacial score (nSPS) is 19.0. The van der Waals surface area contributed by atoms with Crippen LogP contribution in [0.3, 0.4) is 0 Å². The molecule has 4 heterocycles. The molecule has 0 spiro atoms. The van der Waals surface area contributed by atoms with Crippen LogP contribution >= 0.6 is 0 Å². The van der Waals surface area contributed by atoms with Crippen LogP contribution in [0.15, 0.2) is 36.9 Å². The van der Waals surface area contributed by atoms with E-state index in [0.29, 0.717) is 5.95 Å². The first-order valence-corrected chi connectivity index (χ1v) is 9.98. The fraction of sp³-hybridized carbons (Fsp3) is 0.500. The van der Waals surface area contributed by atoms with E-state index in [2.05, 4.69) is 53.9 Å². The highest BCUT2D eigenvalue weighted by Crippen LogP contribution is 2.26. The number of nitrogens with zero attached hydrogens (tertiary/aromatic N) is 6. The Labute approximate surface area is 166 Å². The zero-order valence-electron chi connectivity index (χ0n) is 16.4. The number of rotatable bonds is 6. The molecular weight excluding hydrogens is 352 g/mol. The van der Waals surface area contributed by atoms with Crippen molar-refractivity contribution in [3.63, 3.8) is 0 Å². The van der Waals surface area contributed by atoms with E-state index < -0.39 is 0 Å². The molecular formula is C20H28N8. The summed E-state index contributed by atoms with van der Waals surface area (Å²) in [5.41, 5.74) is 2.13. The molecule has 0 aliphatic carbocycles. The minimum absolute atomic E-state index is 0.0188. The zero-order chi connectivity index (χ0) is 19.3. The SMILES string of the molecule is C=C1CCCN1c1ccnc(NC(C)c2cnc(CN3CCNCC3)nc2)n1. The predicted octanol–water partition coefficient (Wildman–Crippen LogP) is 1.96. The third-order valence-corrected chi connectivity index (χ3v) is 5.29. The Hall–Kier alpha value is -2.58. The molecule has 0 saturated carbocycles. The monoisotopic (exact) mass is 380 g/mol. The number of aromatic nitrogens is 4. The van der Waals surface area contributed by atoms with Crippen LogP contribution < -0.4 is 15.5 Å². The summed E-state index contributed by atoms with van der Waals surface area (Å²) in [6, 6.07) is 1.95. The Kier molecular flexibility index (Phi) is 5.78. The summed E-state index contributed by atoms with van der Waals surface area (Å²) < 4.78 is 0. The van der Waals surface area contributed by atoms with Gasteiger partial charge >= 0.3 is 0 Å². The van der Waals surface area contributed by atoms with Gasteiger partial charge in [-0.3, -0.25) is 4.90 Å². The first-order chi connectivity index (χ1) is 13.7. The van der Waals surface area contributed by atoms with Crippen LogP contribution in [0.4, 0.5) is 11.8 Å². The first kappa shape index (κ1) is 18.8. The van der Waals surface area contributed by atoms with E-state index in [1.54, 1.807) is 6.20 Å². The molecule has 2 saturated heterocycles.